The van der Waals surface area contributed by atoms with Crippen molar-refractivity contribution in [3.8, 4) is 5.75 Å². The highest BCUT2D eigenvalue weighted by Crippen LogP contribution is 2.37. The van der Waals surface area contributed by atoms with Gasteiger partial charge in [-0.2, -0.15) is 5.10 Å². The molecule has 38 heavy (non-hydrogen) atoms. The molecule has 0 bridgehead atoms. The third-order valence-corrected chi connectivity index (χ3v) is 8.26. The largest absolute Gasteiger partial charge is 0.489 e. The van der Waals surface area contributed by atoms with Gasteiger partial charge in [0.15, 0.2) is 0 Å². The highest BCUT2D eigenvalue weighted by molar-refractivity contribution is 6.49. The zero-order valence-corrected chi connectivity index (χ0v) is 23.7. The Kier molecular flexibility index (Phi) is 8.10. The predicted octanol–water partition coefficient (Wildman–Crippen LogP) is 6.68. The Balaban J connectivity index is 1.21. The van der Waals surface area contributed by atoms with Crippen LogP contribution in [0.3, 0.4) is 0 Å². The summed E-state index contributed by atoms with van der Waals surface area (Å²) in [6.07, 6.45) is 3.61. The minimum atomic E-state index is -0.0491. The highest BCUT2D eigenvalue weighted by Gasteiger charge is 2.27. The molecule has 3 aromatic rings. The number of likely N-dealkylation sites (tertiary alicyclic amines) is 1. The Hall–Kier alpha value is -2.83. The summed E-state index contributed by atoms with van der Waals surface area (Å²) in [7, 11) is 0. The van der Waals surface area contributed by atoms with Crippen LogP contribution in [-0.4, -0.2) is 46.9 Å². The van der Waals surface area contributed by atoms with Crippen LogP contribution >= 0.6 is 11.6 Å². The first-order chi connectivity index (χ1) is 18.3. The van der Waals surface area contributed by atoms with E-state index in [1.165, 1.54) is 16.5 Å². The van der Waals surface area contributed by atoms with Crippen molar-refractivity contribution in [1.29, 1.82) is 0 Å². The number of carbonyl (C=O) groups excluding carboxylic acids is 1. The van der Waals surface area contributed by atoms with Gasteiger partial charge in [-0.05, 0) is 119 Å². The van der Waals surface area contributed by atoms with Crippen LogP contribution in [0.15, 0.2) is 42.0 Å². The molecule has 202 valence electrons. The smallest absolute Gasteiger partial charge is 0.309 e. The van der Waals surface area contributed by atoms with Gasteiger partial charge in [0, 0.05) is 23.0 Å². The lowest BCUT2D eigenvalue weighted by Crippen LogP contribution is -2.38. The monoisotopic (exact) mass is 535 g/mol. The number of esters is 1. The molecule has 2 heterocycles. The molecule has 0 N–H and O–H groups in total. The maximum Gasteiger partial charge on any atom is 0.309 e. The second kappa shape index (κ2) is 11.5. The van der Waals surface area contributed by atoms with E-state index in [0.29, 0.717) is 19.3 Å². The fourth-order valence-electron chi connectivity index (χ4n) is 5.66. The number of fused-ring (bicyclic) bond motifs is 2. The molecule has 0 saturated carbocycles. The number of nitrogens with zero attached hydrogens (tertiary/aromatic N) is 3. The quantitative estimate of drug-likeness (QED) is 0.301. The lowest BCUT2D eigenvalue weighted by atomic mass is 9.90. The van der Waals surface area contributed by atoms with Crippen LogP contribution in [0.4, 0.5) is 0 Å². The lowest BCUT2D eigenvalue weighted by Gasteiger charge is -2.32. The first kappa shape index (κ1) is 26.8. The van der Waals surface area contributed by atoms with E-state index in [4.69, 9.17) is 26.2 Å². The molecule has 0 amide bonds. The number of rotatable bonds is 8. The van der Waals surface area contributed by atoms with Gasteiger partial charge in [-0.3, -0.25) is 14.4 Å². The SMILES string of the molecule is CCOC(=O)C1CCN(CC2=C(Cl)c3ccc(OCc4ccc5c(c4)c(C)nn5C(C)C)cc3CC2)CC1. The number of carbonyl (C=O) groups is 1. The molecule has 7 heteroatoms. The zero-order chi connectivity index (χ0) is 26.8. The minimum Gasteiger partial charge on any atom is -0.489 e. The first-order valence-corrected chi connectivity index (χ1v) is 14.2. The van der Waals surface area contributed by atoms with E-state index in [1.54, 1.807) is 0 Å². The number of ether oxygens (including phenoxy) is 2. The van der Waals surface area contributed by atoms with E-state index < -0.39 is 0 Å². The van der Waals surface area contributed by atoms with Gasteiger partial charge in [0.25, 0.3) is 0 Å². The summed E-state index contributed by atoms with van der Waals surface area (Å²) in [5, 5.41) is 6.75. The molecule has 5 rings (SSSR count). The lowest BCUT2D eigenvalue weighted by molar-refractivity contribution is -0.149. The molecular formula is C31H38ClN3O3. The third kappa shape index (κ3) is 5.62. The average Bonchev–Trinajstić information content (AvgIpc) is 3.25. The number of halogens is 1. The minimum absolute atomic E-state index is 0.0323. The fourth-order valence-corrected chi connectivity index (χ4v) is 6.00. The van der Waals surface area contributed by atoms with Crippen LogP contribution in [0.1, 0.15) is 68.5 Å². The van der Waals surface area contributed by atoms with Gasteiger partial charge in [0.2, 0.25) is 0 Å². The van der Waals surface area contributed by atoms with Crippen LogP contribution in [0.25, 0.3) is 15.9 Å². The number of benzene rings is 2. The Morgan fingerprint density at radius 1 is 1.13 bits per heavy atom. The third-order valence-electron chi connectivity index (χ3n) is 7.79. The Morgan fingerprint density at radius 2 is 1.92 bits per heavy atom. The summed E-state index contributed by atoms with van der Waals surface area (Å²) >= 11 is 6.90. The van der Waals surface area contributed by atoms with Crippen molar-refractivity contribution in [3.63, 3.8) is 0 Å². The van der Waals surface area contributed by atoms with Crippen LogP contribution in [0, 0.1) is 12.8 Å². The van der Waals surface area contributed by atoms with Crippen molar-refractivity contribution < 1.29 is 14.3 Å². The summed E-state index contributed by atoms with van der Waals surface area (Å²) in [6, 6.07) is 13.0. The Bertz CT molecular complexity index is 1350. The highest BCUT2D eigenvalue weighted by atomic mass is 35.5. The topological polar surface area (TPSA) is 56.6 Å². The molecule has 0 atom stereocenters. The summed E-state index contributed by atoms with van der Waals surface area (Å²) < 4.78 is 13.5. The molecule has 0 spiro atoms. The molecule has 1 aromatic heterocycles. The van der Waals surface area contributed by atoms with E-state index in [1.807, 2.05) is 13.0 Å². The van der Waals surface area contributed by atoms with Crippen LogP contribution in [0.2, 0.25) is 0 Å². The molecule has 0 unspecified atom stereocenters. The van der Waals surface area contributed by atoms with Gasteiger partial charge in [-0.1, -0.05) is 17.7 Å². The van der Waals surface area contributed by atoms with E-state index in [-0.39, 0.29) is 11.9 Å². The normalized spacial score (nSPS) is 16.8. The maximum absolute atomic E-state index is 12.0. The Labute approximate surface area is 230 Å². The molecule has 1 aliphatic carbocycles. The van der Waals surface area contributed by atoms with Crippen molar-refractivity contribution in [2.45, 2.75) is 66.0 Å². The number of aryl methyl sites for hydroxylation is 2. The average molecular weight is 536 g/mol. The van der Waals surface area contributed by atoms with Crippen molar-refractivity contribution >= 4 is 33.5 Å². The second-order valence-corrected chi connectivity index (χ2v) is 11.2. The van der Waals surface area contributed by atoms with Gasteiger partial charge < -0.3 is 9.47 Å². The summed E-state index contributed by atoms with van der Waals surface area (Å²) in [4.78, 5) is 14.5. The summed E-state index contributed by atoms with van der Waals surface area (Å²) in [6.45, 7) is 11.9. The van der Waals surface area contributed by atoms with Gasteiger partial charge >= 0.3 is 5.97 Å². The number of hydrogen-bond acceptors (Lipinski definition) is 5. The first-order valence-electron chi connectivity index (χ1n) is 13.8. The second-order valence-electron chi connectivity index (χ2n) is 10.8. The number of piperidine rings is 1. The maximum atomic E-state index is 12.0. The van der Waals surface area contributed by atoms with Crippen molar-refractivity contribution in [2.75, 3.05) is 26.2 Å². The van der Waals surface area contributed by atoms with Crippen LogP contribution in [-0.2, 0) is 22.6 Å². The molecule has 1 aliphatic heterocycles. The summed E-state index contributed by atoms with van der Waals surface area (Å²) in [5.74, 6) is 0.851. The molecule has 6 nitrogen and oxygen atoms in total. The summed E-state index contributed by atoms with van der Waals surface area (Å²) in [5.41, 5.74) is 6.98. The van der Waals surface area contributed by atoms with E-state index >= 15 is 0 Å². The van der Waals surface area contributed by atoms with Gasteiger partial charge in [0.05, 0.1) is 23.7 Å². The van der Waals surface area contributed by atoms with Crippen molar-refractivity contribution in [2.24, 2.45) is 5.92 Å². The van der Waals surface area contributed by atoms with Gasteiger partial charge in [-0.25, -0.2) is 0 Å². The standard InChI is InChI=1S/C31H38ClN3O3/c1-5-37-31(36)23-12-14-34(15-13-23)18-25-8-7-24-17-26(9-10-27(24)30(25)32)38-19-22-6-11-29-28(16-22)21(4)33-35(29)20(2)3/h6,9-11,16-17,20,23H,5,7-8,12-15,18-19H2,1-4H3. The number of hydrogen-bond donors (Lipinski definition) is 0. The van der Waals surface area contributed by atoms with Gasteiger partial charge in [0.1, 0.15) is 12.4 Å². The molecule has 2 aromatic carbocycles. The number of aromatic nitrogens is 2. The van der Waals surface area contributed by atoms with Crippen LogP contribution in [0.5, 0.6) is 5.75 Å². The molecule has 0 radical (unpaired) electrons. The van der Waals surface area contributed by atoms with E-state index in [0.717, 1.165) is 78.4 Å². The predicted molar refractivity (Wildman–Crippen MR) is 153 cm³/mol. The van der Waals surface area contributed by atoms with Crippen molar-refractivity contribution in [1.82, 2.24) is 14.7 Å². The van der Waals surface area contributed by atoms with E-state index in [2.05, 4.69) is 60.7 Å². The zero-order valence-electron chi connectivity index (χ0n) is 22.9. The molecule has 1 fully saturated rings. The molecule has 1 saturated heterocycles. The van der Waals surface area contributed by atoms with E-state index in [9.17, 15) is 4.79 Å². The Morgan fingerprint density at radius 3 is 2.66 bits per heavy atom. The molecule has 2 aliphatic rings. The fraction of sp³-hybridized carbons (Fsp3) is 0.484. The van der Waals surface area contributed by atoms with Crippen LogP contribution < -0.4 is 4.74 Å². The molecular weight excluding hydrogens is 498 g/mol. The van der Waals surface area contributed by atoms with Gasteiger partial charge in [-0.15, -0.1) is 0 Å². The van der Waals surface area contributed by atoms with Crippen molar-refractivity contribution in [3.05, 3.63) is 64.4 Å².